The topological polar surface area (TPSA) is 17.1 Å². The smallest absolute Gasteiger partial charge is 0.152 e. The van der Waals surface area contributed by atoms with Crippen molar-refractivity contribution in [3.8, 4) is 0 Å². The molecule has 3 radical (unpaired) electrons. The van der Waals surface area contributed by atoms with Crippen LogP contribution in [0.1, 0.15) is 66.7 Å². The van der Waals surface area contributed by atoms with E-state index in [2.05, 4.69) is 6.08 Å². The standard InChI is InChI=1S/C10H16O.2C2H6.B/c1-9(11)7-8-10-5-3-2-4-6-10;2*1-2;/h7-8,10H,2-6H2,1H3;2*1-2H3;/b8-7+;;;. The number of hydrogen-bond acceptors (Lipinski definition) is 1. The molecule has 1 aliphatic carbocycles. The van der Waals surface area contributed by atoms with E-state index < -0.39 is 0 Å². The summed E-state index contributed by atoms with van der Waals surface area (Å²) in [5.74, 6) is 0.864. The fourth-order valence-corrected chi connectivity index (χ4v) is 1.60. The van der Waals surface area contributed by atoms with Crippen LogP contribution in [0, 0.1) is 5.92 Å². The summed E-state index contributed by atoms with van der Waals surface area (Å²) in [5, 5.41) is 0. The van der Waals surface area contributed by atoms with Crippen molar-refractivity contribution < 1.29 is 4.79 Å². The van der Waals surface area contributed by atoms with Gasteiger partial charge in [0.15, 0.2) is 5.78 Å². The summed E-state index contributed by atoms with van der Waals surface area (Å²) < 4.78 is 0. The molecule has 1 saturated carbocycles. The van der Waals surface area contributed by atoms with Gasteiger partial charge in [0, 0.05) is 8.41 Å². The second-order valence-electron chi connectivity index (χ2n) is 3.37. The molecular formula is C14H28BO. The molecule has 0 heterocycles. The molecule has 1 fully saturated rings. The Labute approximate surface area is 104 Å². The van der Waals surface area contributed by atoms with E-state index in [1.165, 1.54) is 32.1 Å². The van der Waals surface area contributed by atoms with Gasteiger partial charge in [-0.15, -0.1) is 0 Å². The molecule has 0 aromatic rings. The van der Waals surface area contributed by atoms with E-state index in [-0.39, 0.29) is 14.2 Å². The fourth-order valence-electron chi connectivity index (χ4n) is 1.60. The summed E-state index contributed by atoms with van der Waals surface area (Å²) in [7, 11) is 0. The minimum Gasteiger partial charge on any atom is -0.295 e. The third-order valence-corrected chi connectivity index (χ3v) is 2.25. The van der Waals surface area contributed by atoms with Crippen molar-refractivity contribution in [3.63, 3.8) is 0 Å². The van der Waals surface area contributed by atoms with Crippen molar-refractivity contribution >= 4 is 14.2 Å². The molecule has 1 nitrogen and oxygen atoms in total. The van der Waals surface area contributed by atoms with Gasteiger partial charge >= 0.3 is 0 Å². The van der Waals surface area contributed by atoms with Crippen LogP contribution in [0.3, 0.4) is 0 Å². The van der Waals surface area contributed by atoms with Crippen molar-refractivity contribution in [1.29, 1.82) is 0 Å². The molecule has 0 spiro atoms. The monoisotopic (exact) mass is 223 g/mol. The largest absolute Gasteiger partial charge is 0.295 e. The molecule has 0 aliphatic heterocycles. The zero-order valence-corrected chi connectivity index (χ0v) is 11.8. The van der Waals surface area contributed by atoms with Crippen LogP contribution in [0.5, 0.6) is 0 Å². The highest BCUT2D eigenvalue weighted by Crippen LogP contribution is 2.24. The molecular weight excluding hydrogens is 195 g/mol. The number of carbonyl (C=O) groups is 1. The predicted molar refractivity (Wildman–Crippen MR) is 74.8 cm³/mol. The summed E-state index contributed by atoms with van der Waals surface area (Å²) in [6.45, 7) is 9.61. The molecule has 0 aromatic carbocycles. The quantitative estimate of drug-likeness (QED) is 0.501. The molecule has 2 heteroatoms. The number of carbonyl (C=O) groups excluding carboxylic acids is 1. The Hall–Kier alpha value is -0.525. The minimum atomic E-state index is 0. The van der Waals surface area contributed by atoms with Gasteiger partial charge in [0.2, 0.25) is 0 Å². The van der Waals surface area contributed by atoms with Crippen molar-refractivity contribution in [3.05, 3.63) is 12.2 Å². The minimum absolute atomic E-state index is 0. The summed E-state index contributed by atoms with van der Waals surface area (Å²) >= 11 is 0. The second-order valence-corrected chi connectivity index (χ2v) is 3.37. The van der Waals surface area contributed by atoms with Crippen LogP contribution in [0.25, 0.3) is 0 Å². The first-order chi connectivity index (χ1) is 7.29. The van der Waals surface area contributed by atoms with E-state index in [4.69, 9.17) is 0 Å². The predicted octanol–water partition coefficient (Wildman–Crippen LogP) is 4.38. The molecule has 0 unspecified atom stereocenters. The number of allylic oxidation sites excluding steroid dienone is 2. The number of hydrogen-bond donors (Lipinski definition) is 0. The molecule has 93 valence electrons. The SMILES string of the molecule is CC.CC.CC(=O)/C=C/C1CCCCC1.[B]. The summed E-state index contributed by atoms with van der Waals surface area (Å²) in [5.41, 5.74) is 0. The molecule has 1 rings (SSSR count). The van der Waals surface area contributed by atoms with E-state index in [0.29, 0.717) is 5.92 Å². The number of ketones is 1. The van der Waals surface area contributed by atoms with E-state index >= 15 is 0 Å². The lowest BCUT2D eigenvalue weighted by Crippen LogP contribution is -2.03. The molecule has 0 atom stereocenters. The van der Waals surface area contributed by atoms with Crippen LogP contribution in [0.2, 0.25) is 0 Å². The Kier molecular flexibility index (Phi) is 22.0. The van der Waals surface area contributed by atoms with Crippen molar-refractivity contribution in [2.75, 3.05) is 0 Å². The van der Waals surface area contributed by atoms with Crippen LogP contribution in [0.15, 0.2) is 12.2 Å². The molecule has 0 amide bonds. The third-order valence-electron chi connectivity index (χ3n) is 2.25. The van der Waals surface area contributed by atoms with Gasteiger partial charge in [-0.1, -0.05) is 53.0 Å². The fraction of sp³-hybridized carbons (Fsp3) is 0.786. The van der Waals surface area contributed by atoms with E-state index in [1.54, 1.807) is 13.0 Å². The lowest BCUT2D eigenvalue weighted by molar-refractivity contribution is -0.112. The highest BCUT2D eigenvalue weighted by atomic mass is 16.1. The van der Waals surface area contributed by atoms with Gasteiger partial charge in [0.05, 0.1) is 0 Å². The van der Waals surface area contributed by atoms with Crippen LogP contribution < -0.4 is 0 Å². The van der Waals surface area contributed by atoms with Gasteiger partial charge in [-0.3, -0.25) is 4.79 Å². The van der Waals surface area contributed by atoms with Gasteiger partial charge < -0.3 is 0 Å². The Morgan fingerprint density at radius 2 is 1.44 bits per heavy atom. The van der Waals surface area contributed by atoms with Crippen molar-refractivity contribution in [2.45, 2.75) is 66.7 Å². The summed E-state index contributed by atoms with van der Waals surface area (Å²) in [6.07, 6.45) is 10.4. The maximum atomic E-state index is 10.6. The van der Waals surface area contributed by atoms with Crippen molar-refractivity contribution in [1.82, 2.24) is 0 Å². The maximum absolute atomic E-state index is 10.6. The zero-order valence-electron chi connectivity index (χ0n) is 11.8. The van der Waals surface area contributed by atoms with Crippen LogP contribution in [0.4, 0.5) is 0 Å². The highest BCUT2D eigenvalue weighted by molar-refractivity contribution is 5.87. The lowest BCUT2D eigenvalue weighted by Gasteiger charge is -2.17. The highest BCUT2D eigenvalue weighted by Gasteiger charge is 2.09. The normalized spacial score (nSPS) is 15.1. The van der Waals surface area contributed by atoms with Crippen LogP contribution >= 0.6 is 0 Å². The van der Waals surface area contributed by atoms with E-state index in [9.17, 15) is 4.79 Å². The first-order valence-corrected chi connectivity index (χ1v) is 6.48. The molecule has 16 heavy (non-hydrogen) atoms. The Balaban J connectivity index is -0.000000305. The van der Waals surface area contributed by atoms with Gasteiger partial charge in [0.1, 0.15) is 0 Å². The first-order valence-electron chi connectivity index (χ1n) is 6.48. The average molecular weight is 223 g/mol. The van der Waals surface area contributed by atoms with E-state index in [1.807, 2.05) is 27.7 Å². The maximum Gasteiger partial charge on any atom is 0.152 e. The Morgan fingerprint density at radius 3 is 1.81 bits per heavy atom. The summed E-state index contributed by atoms with van der Waals surface area (Å²) in [4.78, 5) is 10.6. The van der Waals surface area contributed by atoms with Crippen molar-refractivity contribution in [2.24, 2.45) is 5.92 Å². The van der Waals surface area contributed by atoms with Gasteiger partial charge in [-0.05, 0) is 31.8 Å². The Bertz CT molecular complexity index is 158. The summed E-state index contributed by atoms with van der Waals surface area (Å²) in [6, 6.07) is 0. The molecule has 0 saturated heterocycles. The Morgan fingerprint density at radius 1 is 1.00 bits per heavy atom. The molecule has 0 bridgehead atoms. The average Bonchev–Trinajstić information content (AvgIpc) is 2.33. The van der Waals surface area contributed by atoms with Gasteiger partial charge in [-0.2, -0.15) is 0 Å². The molecule has 0 aromatic heterocycles. The second kappa shape index (κ2) is 16.9. The van der Waals surface area contributed by atoms with Gasteiger partial charge in [-0.25, -0.2) is 0 Å². The van der Waals surface area contributed by atoms with Crippen LogP contribution in [-0.4, -0.2) is 14.2 Å². The molecule has 0 N–H and O–H groups in total. The van der Waals surface area contributed by atoms with Crippen LogP contribution in [-0.2, 0) is 4.79 Å². The van der Waals surface area contributed by atoms with Gasteiger partial charge in [0.25, 0.3) is 0 Å². The first kappa shape index (κ1) is 20.8. The third kappa shape index (κ3) is 13.5. The lowest BCUT2D eigenvalue weighted by atomic mass is 9.89. The zero-order chi connectivity index (χ0) is 12.1. The van der Waals surface area contributed by atoms with E-state index in [0.717, 1.165) is 0 Å². The molecule has 1 aliphatic rings. The number of rotatable bonds is 2.